The number of anilines is 1. The van der Waals surface area contributed by atoms with Gasteiger partial charge in [-0.1, -0.05) is 12.3 Å². The molecule has 0 aromatic carbocycles. The number of imidazole rings is 1. The lowest BCUT2D eigenvalue weighted by atomic mass is 9.85. The first kappa shape index (κ1) is 19.0. The smallest absolute Gasteiger partial charge is 0.313 e. The van der Waals surface area contributed by atoms with Crippen LogP contribution >= 0.6 is 0 Å². The lowest BCUT2D eigenvalue weighted by Crippen LogP contribution is -2.29. The number of hydrogen-bond acceptors (Lipinski definition) is 9. The first-order valence-corrected chi connectivity index (χ1v) is 9.19. The summed E-state index contributed by atoms with van der Waals surface area (Å²) in [5.74, 6) is 4.23. The fraction of sp³-hybridized carbons (Fsp3) is 0.444. The van der Waals surface area contributed by atoms with Crippen LogP contribution in [0.5, 0.6) is 0 Å². The van der Waals surface area contributed by atoms with Gasteiger partial charge in [0, 0.05) is 0 Å². The summed E-state index contributed by atoms with van der Waals surface area (Å²) in [6.45, 7) is 0. The number of carbonyl (C=O) groups is 1. The van der Waals surface area contributed by atoms with E-state index in [-0.39, 0.29) is 29.6 Å². The van der Waals surface area contributed by atoms with Crippen molar-refractivity contribution in [1.29, 1.82) is 0 Å². The normalized spacial score (nSPS) is 20.8. The van der Waals surface area contributed by atoms with Crippen LogP contribution in [0.2, 0.25) is 0 Å². The van der Waals surface area contributed by atoms with Crippen LogP contribution in [0.4, 0.5) is 5.82 Å². The van der Waals surface area contributed by atoms with Crippen LogP contribution in [0.15, 0.2) is 17.8 Å². The number of nitrogens with two attached hydrogens (primary N) is 1. The Bertz CT molecular complexity index is 1060. The van der Waals surface area contributed by atoms with Gasteiger partial charge in [-0.2, -0.15) is 0 Å². The van der Waals surface area contributed by atoms with Crippen molar-refractivity contribution >= 4 is 22.9 Å². The van der Waals surface area contributed by atoms with Crippen molar-refractivity contribution in [3.05, 3.63) is 23.7 Å². The highest BCUT2D eigenvalue weighted by molar-refractivity contribution is 5.91. The third-order valence-electron chi connectivity index (χ3n) is 5.04. The van der Waals surface area contributed by atoms with E-state index in [2.05, 4.69) is 26.8 Å². The average Bonchev–Trinajstić information content (AvgIpc) is 3.30. The fourth-order valence-corrected chi connectivity index (χ4v) is 3.53. The number of amides is 1. The van der Waals surface area contributed by atoms with E-state index in [9.17, 15) is 15.0 Å². The third kappa shape index (κ3) is 3.55. The molecule has 11 heteroatoms. The summed E-state index contributed by atoms with van der Waals surface area (Å²) in [5, 5.41) is 29.2. The number of aliphatic hydroxyl groups is 2. The zero-order chi connectivity index (χ0) is 20.6. The number of nitrogens with one attached hydrogen (secondary N) is 1. The number of nitrogen functional groups attached to an aromatic ring is 1. The van der Waals surface area contributed by atoms with Crippen LogP contribution in [-0.4, -0.2) is 46.4 Å². The van der Waals surface area contributed by atoms with Crippen LogP contribution in [-0.2, 0) is 9.53 Å². The SMILES string of the molecule is Nc1nc(C#CC2(O)CCCCC2)nc2c1ncn2[C@H]1CC(O)=C(C(=O)NO)O1. The van der Waals surface area contributed by atoms with Crippen LogP contribution in [0.1, 0.15) is 50.6 Å². The van der Waals surface area contributed by atoms with Gasteiger partial charge in [0.05, 0.1) is 6.42 Å². The number of hydrogen-bond donors (Lipinski definition) is 5. The molecule has 1 atom stereocenters. The highest BCUT2D eigenvalue weighted by atomic mass is 16.5. The van der Waals surface area contributed by atoms with Gasteiger partial charge in [-0.05, 0) is 31.6 Å². The highest BCUT2D eigenvalue weighted by Crippen LogP contribution is 2.33. The van der Waals surface area contributed by atoms with Gasteiger partial charge in [0.25, 0.3) is 0 Å². The maximum Gasteiger partial charge on any atom is 0.313 e. The van der Waals surface area contributed by atoms with Gasteiger partial charge in [0.2, 0.25) is 11.6 Å². The van der Waals surface area contributed by atoms with Gasteiger partial charge < -0.3 is 20.7 Å². The average molecular weight is 400 g/mol. The highest BCUT2D eigenvalue weighted by Gasteiger charge is 2.33. The van der Waals surface area contributed by atoms with Gasteiger partial charge in [-0.25, -0.2) is 20.4 Å². The van der Waals surface area contributed by atoms with E-state index in [1.54, 1.807) is 0 Å². The quantitative estimate of drug-likeness (QED) is 0.276. The lowest BCUT2D eigenvalue weighted by molar-refractivity contribution is -0.130. The number of aliphatic hydroxyl groups excluding tert-OH is 1. The molecule has 11 nitrogen and oxygen atoms in total. The third-order valence-corrected chi connectivity index (χ3v) is 5.04. The molecule has 1 fully saturated rings. The predicted molar refractivity (Wildman–Crippen MR) is 99.0 cm³/mol. The first-order valence-electron chi connectivity index (χ1n) is 9.19. The Hall–Kier alpha value is -3.36. The van der Waals surface area contributed by atoms with E-state index in [1.807, 2.05) is 0 Å². The van der Waals surface area contributed by atoms with Gasteiger partial charge >= 0.3 is 5.91 Å². The number of carbonyl (C=O) groups excluding carboxylic acids is 1. The molecule has 0 radical (unpaired) electrons. The molecular weight excluding hydrogens is 380 g/mol. The van der Waals surface area contributed by atoms with Crippen LogP contribution in [0.25, 0.3) is 11.2 Å². The van der Waals surface area contributed by atoms with Gasteiger partial charge in [-0.3, -0.25) is 14.6 Å². The van der Waals surface area contributed by atoms with Gasteiger partial charge in [0.1, 0.15) is 23.2 Å². The fourth-order valence-electron chi connectivity index (χ4n) is 3.53. The molecule has 29 heavy (non-hydrogen) atoms. The molecule has 0 bridgehead atoms. The minimum atomic E-state index is -1.05. The van der Waals surface area contributed by atoms with Crippen LogP contribution < -0.4 is 11.2 Å². The Morgan fingerprint density at radius 2 is 2.10 bits per heavy atom. The first-order chi connectivity index (χ1) is 13.9. The minimum Gasteiger partial charge on any atom is -0.508 e. The molecule has 0 saturated heterocycles. The lowest BCUT2D eigenvalue weighted by Gasteiger charge is -2.26. The Balaban J connectivity index is 1.66. The molecule has 1 aliphatic carbocycles. The maximum atomic E-state index is 11.6. The zero-order valence-electron chi connectivity index (χ0n) is 15.4. The molecule has 4 rings (SSSR count). The molecule has 0 spiro atoms. The van der Waals surface area contributed by atoms with E-state index in [0.717, 1.165) is 19.3 Å². The van der Waals surface area contributed by atoms with Crippen LogP contribution in [0, 0.1) is 11.8 Å². The molecule has 152 valence electrons. The Labute approximate surface area is 165 Å². The summed E-state index contributed by atoms with van der Waals surface area (Å²) in [5.41, 5.74) is 6.96. The number of aromatic nitrogens is 4. The largest absolute Gasteiger partial charge is 0.508 e. The molecule has 2 aliphatic rings. The van der Waals surface area contributed by atoms with Gasteiger partial charge in [0.15, 0.2) is 17.7 Å². The summed E-state index contributed by atoms with van der Waals surface area (Å²) in [7, 11) is 0. The second kappa shape index (κ2) is 7.23. The molecular formula is C18H20N6O5. The summed E-state index contributed by atoms with van der Waals surface area (Å²) >= 11 is 0. The predicted octanol–water partition coefficient (Wildman–Crippen LogP) is 0.649. The molecule has 2 aromatic rings. The molecule has 1 saturated carbocycles. The van der Waals surface area contributed by atoms with Crippen molar-refractivity contribution in [2.24, 2.45) is 0 Å². The Morgan fingerprint density at radius 3 is 2.83 bits per heavy atom. The molecule has 2 aromatic heterocycles. The van der Waals surface area contributed by atoms with E-state index < -0.39 is 17.7 Å². The van der Waals surface area contributed by atoms with Crippen molar-refractivity contribution in [1.82, 2.24) is 25.0 Å². The van der Waals surface area contributed by atoms with E-state index in [4.69, 9.17) is 15.7 Å². The van der Waals surface area contributed by atoms with Crippen molar-refractivity contribution < 1.29 is 25.0 Å². The summed E-state index contributed by atoms with van der Waals surface area (Å²) in [6.07, 6.45) is 4.68. The molecule has 0 unspecified atom stereocenters. The number of fused-ring (bicyclic) bond motifs is 1. The Kier molecular flexibility index (Phi) is 4.73. The minimum absolute atomic E-state index is 0.0289. The number of hydroxylamine groups is 1. The Morgan fingerprint density at radius 1 is 1.34 bits per heavy atom. The molecule has 1 amide bonds. The van der Waals surface area contributed by atoms with Gasteiger partial charge in [-0.15, -0.1) is 0 Å². The topological polar surface area (TPSA) is 169 Å². The van der Waals surface area contributed by atoms with E-state index >= 15 is 0 Å². The second-order valence-electron chi connectivity index (χ2n) is 7.09. The summed E-state index contributed by atoms with van der Waals surface area (Å²) in [4.78, 5) is 24.2. The molecule has 1 aliphatic heterocycles. The number of nitrogens with zero attached hydrogens (tertiary/aromatic N) is 4. The maximum absolute atomic E-state index is 11.6. The van der Waals surface area contributed by atoms with Crippen molar-refractivity contribution in [3.63, 3.8) is 0 Å². The molecule has 6 N–H and O–H groups in total. The van der Waals surface area contributed by atoms with Crippen molar-refractivity contribution in [2.45, 2.75) is 50.4 Å². The van der Waals surface area contributed by atoms with E-state index in [0.29, 0.717) is 24.0 Å². The summed E-state index contributed by atoms with van der Waals surface area (Å²) < 4.78 is 6.92. The number of rotatable bonds is 2. The van der Waals surface area contributed by atoms with Crippen LogP contribution in [0.3, 0.4) is 0 Å². The molecule has 3 heterocycles. The standard InChI is InChI=1S/C18H20N6O5/c19-15-13-16(22-11(21-15)4-7-18(27)5-2-1-3-6-18)24(9-20-13)12-8-10(25)14(29-12)17(26)23-28/h9,12,25,27-28H,1-3,5-6,8H2,(H,23,26)(H2,19,21,22)/t12-/m1/s1. The van der Waals surface area contributed by atoms with Crippen molar-refractivity contribution in [3.8, 4) is 11.8 Å². The summed E-state index contributed by atoms with van der Waals surface area (Å²) in [6, 6.07) is 0. The monoisotopic (exact) mass is 400 g/mol. The zero-order valence-corrected chi connectivity index (χ0v) is 15.4. The number of ether oxygens (including phenoxy) is 1. The van der Waals surface area contributed by atoms with E-state index in [1.165, 1.54) is 16.4 Å². The second-order valence-corrected chi connectivity index (χ2v) is 7.09. The van der Waals surface area contributed by atoms with Crippen molar-refractivity contribution in [2.75, 3.05) is 5.73 Å².